The van der Waals surface area contributed by atoms with E-state index >= 15 is 0 Å². The van der Waals surface area contributed by atoms with Gasteiger partial charge < -0.3 is 10.6 Å². The zero-order valence-electron chi connectivity index (χ0n) is 17.9. The van der Waals surface area contributed by atoms with Gasteiger partial charge in [-0.3, -0.25) is 4.79 Å². The molecule has 0 atom stereocenters. The van der Waals surface area contributed by atoms with E-state index in [1.165, 1.54) is 0 Å². The Labute approximate surface area is 198 Å². The van der Waals surface area contributed by atoms with Gasteiger partial charge in [0.25, 0.3) is 5.91 Å². The van der Waals surface area contributed by atoms with Crippen LogP contribution in [0.25, 0.3) is 0 Å². The van der Waals surface area contributed by atoms with E-state index in [2.05, 4.69) is 50.3 Å². The van der Waals surface area contributed by atoms with Crippen LogP contribution in [0.1, 0.15) is 42.1 Å². The van der Waals surface area contributed by atoms with Crippen molar-refractivity contribution in [3.05, 3.63) is 57.3 Å². The maximum atomic E-state index is 13.1. The largest absolute Gasteiger partial charge is 0.372 e. The first-order chi connectivity index (χ1) is 14.8. The second-order valence-electron chi connectivity index (χ2n) is 7.81. The van der Waals surface area contributed by atoms with Crippen LogP contribution in [0.5, 0.6) is 0 Å². The van der Waals surface area contributed by atoms with Crippen molar-refractivity contribution in [2.24, 2.45) is 0 Å². The lowest BCUT2D eigenvalue weighted by Gasteiger charge is -2.42. The average molecular weight is 556 g/mol. The molecule has 168 valence electrons. The number of amides is 1. The van der Waals surface area contributed by atoms with Crippen molar-refractivity contribution in [1.82, 2.24) is 14.6 Å². The van der Waals surface area contributed by atoms with Gasteiger partial charge in [-0.05, 0) is 53.5 Å². The number of hydrogen-bond acceptors (Lipinski definition) is 5. The molecule has 31 heavy (non-hydrogen) atoms. The van der Waals surface area contributed by atoms with Gasteiger partial charge in [0.05, 0.1) is 11.3 Å². The van der Waals surface area contributed by atoms with Crippen LogP contribution in [0, 0.1) is 3.57 Å². The number of sulfonamides is 1. The topological polar surface area (TPSA) is 91.4 Å². The molecule has 3 rings (SSSR count). The van der Waals surface area contributed by atoms with Crippen LogP contribution in [0.3, 0.4) is 0 Å². The first-order valence-corrected chi connectivity index (χ1v) is 13.2. The quantitative estimate of drug-likeness (QED) is 0.488. The van der Waals surface area contributed by atoms with E-state index in [0.29, 0.717) is 50.3 Å². The number of pyridine rings is 1. The fourth-order valence-electron chi connectivity index (χ4n) is 4.12. The van der Waals surface area contributed by atoms with E-state index in [4.69, 9.17) is 0 Å². The monoisotopic (exact) mass is 556 g/mol. The predicted octanol–water partition coefficient (Wildman–Crippen LogP) is 3.23. The Morgan fingerprint density at radius 2 is 1.87 bits per heavy atom. The number of nitrogens with one attached hydrogen (secondary N) is 2. The normalized spacial score (nSPS) is 16.6. The summed E-state index contributed by atoms with van der Waals surface area (Å²) >= 11 is 2.14. The highest BCUT2D eigenvalue weighted by Crippen LogP contribution is 2.36. The summed E-state index contributed by atoms with van der Waals surface area (Å²) in [5, 5.41) is 6.09. The second-order valence-corrected chi connectivity index (χ2v) is 11.1. The third-order valence-electron chi connectivity index (χ3n) is 5.87. The molecule has 7 nitrogen and oxygen atoms in total. The Morgan fingerprint density at radius 1 is 1.19 bits per heavy atom. The fraction of sp³-hybridized carbons (Fsp3) is 0.455. The lowest BCUT2D eigenvalue weighted by Crippen LogP contribution is -2.50. The molecular formula is C22H29IN4O3S. The van der Waals surface area contributed by atoms with E-state index in [-0.39, 0.29) is 17.1 Å². The molecule has 1 saturated heterocycles. The van der Waals surface area contributed by atoms with Crippen molar-refractivity contribution in [3.8, 4) is 0 Å². The smallest absolute Gasteiger partial charge is 0.256 e. The molecule has 2 N–H and O–H groups in total. The van der Waals surface area contributed by atoms with Gasteiger partial charge >= 0.3 is 0 Å². The van der Waals surface area contributed by atoms with Crippen molar-refractivity contribution in [1.29, 1.82) is 0 Å². The maximum Gasteiger partial charge on any atom is 0.256 e. The van der Waals surface area contributed by atoms with Crippen molar-refractivity contribution in [2.45, 2.75) is 31.6 Å². The molecule has 2 aromatic rings. The molecule has 0 aliphatic carbocycles. The summed E-state index contributed by atoms with van der Waals surface area (Å²) < 4.78 is 27.5. The van der Waals surface area contributed by atoms with Gasteiger partial charge in [0.15, 0.2) is 0 Å². The van der Waals surface area contributed by atoms with Crippen molar-refractivity contribution < 1.29 is 13.2 Å². The molecule has 1 aromatic carbocycles. The zero-order chi connectivity index (χ0) is 22.5. The summed E-state index contributed by atoms with van der Waals surface area (Å²) in [6.45, 7) is 3.23. The molecule has 1 aromatic heterocycles. The van der Waals surface area contributed by atoms with E-state index in [1.807, 2.05) is 25.1 Å². The Balaban J connectivity index is 1.82. The third-order valence-corrected chi connectivity index (χ3v) is 8.85. The molecule has 9 heteroatoms. The molecule has 0 bridgehead atoms. The lowest BCUT2D eigenvalue weighted by atomic mass is 9.73. The van der Waals surface area contributed by atoms with Gasteiger partial charge in [0.1, 0.15) is 5.82 Å². The highest BCUT2D eigenvalue weighted by molar-refractivity contribution is 14.1. The average Bonchev–Trinajstić information content (AvgIpc) is 2.78. The van der Waals surface area contributed by atoms with Gasteiger partial charge in [-0.15, -0.1) is 0 Å². The van der Waals surface area contributed by atoms with Crippen molar-refractivity contribution in [2.75, 3.05) is 37.8 Å². The summed E-state index contributed by atoms with van der Waals surface area (Å²) in [5.74, 6) is 0.533. The maximum absolute atomic E-state index is 13.1. The van der Waals surface area contributed by atoms with E-state index in [9.17, 15) is 13.2 Å². The SMILES string of the molecule is CCCS(=O)(=O)N1CCC(CNC(=O)c2c(I)ccnc2NC)(c2ccccc2)CC1. The number of nitrogens with zero attached hydrogens (tertiary/aromatic N) is 2. The lowest BCUT2D eigenvalue weighted by molar-refractivity contribution is 0.0932. The Morgan fingerprint density at radius 3 is 2.48 bits per heavy atom. The Hall–Kier alpha value is -1.72. The summed E-state index contributed by atoms with van der Waals surface area (Å²) in [7, 11) is -1.48. The van der Waals surface area contributed by atoms with Crippen LogP contribution < -0.4 is 10.6 Å². The van der Waals surface area contributed by atoms with Gasteiger partial charge in [-0.1, -0.05) is 37.3 Å². The zero-order valence-corrected chi connectivity index (χ0v) is 20.9. The van der Waals surface area contributed by atoms with Crippen LogP contribution in [-0.4, -0.2) is 56.0 Å². The minimum atomic E-state index is -3.23. The minimum absolute atomic E-state index is 0.175. The number of halogens is 1. The van der Waals surface area contributed by atoms with Gasteiger partial charge in [0, 0.05) is 41.9 Å². The number of carbonyl (C=O) groups is 1. The highest BCUT2D eigenvalue weighted by atomic mass is 127. The molecule has 1 aliphatic heterocycles. The van der Waals surface area contributed by atoms with Crippen molar-refractivity contribution >= 4 is 44.3 Å². The molecule has 1 aliphatic rings. The predicted molar refractivity (Wildman–Crippen MR) is 132 cm³/mol. The van der Waals surface area contributed by atoms with Gasteiger partial charge in [-0.25, -0.2) is 17.7 Å². The number of carbonyl (C=O) groups excluding carboxylic acids is 1. The minimum Gasteiger partial charge on any atom is -0.372 e. The number of rotatable bonds is 8. The number of piperidine rings is 1. The van der Waals surface area contributed by atoms with Crippen LogP contribution in [0.15, 0.2) is 42.6 Å². The molecule has 1 fully saturated rings. The Bertz CT molecular complexity index is 1010. The van der Waals surface area contributed by atoms with E-state index < -0.39 is 10.0 Å². The molecule has 0 radical (unpaired) electrons. The van der Waals surface area contributed by atoms with Crippen LogP contribution in [0.4, 0.5) is 5.82 Å². The van der Waals surface area contributed by atoms with Crippen LogP contribution in [0.2, 0.25) is 0 Å². The molecule has 0 saturated carbocycles. The third kappa shape index (κ3) is 5.38. The van der Waals surface area contributed by atoms with Gasteiger partial charge in [0.2, 0.25) is 10.0 Å². The number of anilines is 1. The second kappa shape index (κ2) is 10.3. The molecule has 2 heterocycles. The number of hydrogen-bond donors (Lipinski definition) is 2. The number of aromatic nitrogens is 1. The van der Waals surface area contributed by atoms with Crippen LogP contribution >= 0.6 is 22.6 Å². The van der Waals surface area contributed by atoms with E-state index in [0.717, 1.165) is 9.13 Å². The summed E-state index contributed by atoms with van der Waals surface area (Å²) in [6.07, 6.45) is 3.59. The summed E-state index contributed by atoms with van der Waals surface area (Å²) in [4.78, 5) is 17.3. The van der Waals surface area contributed by atoms with Crippen molar-refractivity contribution in [3.63, 3.8) is 0 Å². The van der Waals surface area contributed by atoms with E-state index in [1.54, 1.807) is 23.6 Å². The molecule has 0 spiro atoms. The Kier molecular flexibility index (Phi) is 7.92. The summed E-state index contributed by atoms with van der Waals surface area (Å²) in [6, 6.07) is 11.9. The highest BCUT2D eigenvalue weighted by Gasteiger charge is 2.39. The number of benzene rings is 1. The van der Waals surface area contributed by atoms with Crippen LogP contribution in [-0.2, 0) is 15.4 Å². The van der Waals surface area contributed by atoms with Gasteiger partial charge in [-0.2, -0.15) is 0 Å². The first kappa shape index (κ1) is 23.9. The molecule has 1 amide bonds. The standard InChI is InChI=1S/C22H29IN4O3S/c1-3-15-31(29,30)27-13-10-22(11-14-27,17-7-5-4-6-8-17)16-26-21(28)19-18(23)9-12-25-20(19)24-2/h4-9,12H,3,10-11,13-16H2,1-2H3,(H,24,25)(H,26,28). The molecule has 0 unspecified atom stereocenters. The summed E-state index contributed by atoms with van der Waals surface area (Å²) in [5.41, 5.74) is 1.33. The first-order valence-electron chi connectivity index (χ1n) is 10.5. The molecular weight excluding hydrogens is 527 g/mol. The fourth-order valence-corrected chi connectivity index (χ4v) is 6.29.